The molecule has 0 aliphatic heterocycles. The molecule has 0 amide bonds. The number of hydrogen-bond acceptors (Lipinski definition) is 2. The van der Waals surface area contributed by atoms with Gasteiger partial charge in [-0.05, 0) is 104 Å². The van der Waals surface area contributed by atoms with E-state index in [2.05, 4.69) is 217 Å². The van der Waals surface area contributed by atoms with Crippen LogP contribution >= 0.6 is 0 Å². The van der Waals surface area contributed by atoms with Crippen LogP contribution in [0.2, 0.25) is 0 Å². The van der Waals surface area contributed by atoms with Crippen LogP contribution in [-0.4, -0.2) is 0 Å². The normalized spacial score (nSPS) is 12.1. The Hall–Kier alpha value is -7.42. The number of benzene rings is 9. The summed E-state index contributed by atoms with van der Waals surface area (Å²) in [5.74, 6) is 0.177. The second kappa shape index (κ2) is 13.7. The maximum absolute atomic E-state index is 6.78. The highest BCUT2D eigenvalue weighted by Crippen LogP contribution is 2.49. The summed E-state index contributed by atoms with van der Waals surface area (Å²) in [4.78, 5) is 2.36. The van der Waals surface area contributed by atoms with Crippen LogP contribution in [0.4, 0.5) is 17.1 Å². The van der Waals surface area contributed by atoms with E-state index in [-0.39, 0.29) is 5.92 Å². The lowest BCUT2D eigenvalue weighted by molar-refractivity contribution is 0.669. The number of para-hydroxylation sites is 1. The van der Waals surface area contributed by atoms with Crippen molar-refractivity contribution < 1.29 is 4.42 Å². The third-order valence-electron chi connectivity index (χ3n) is 11.6. The van der Waals surface area contributed by atoms with Crippen LogP contribution in [-0.2, 0) is 0 Å². The molecule has 0 bridgehead atoms. The summed E-state index contributed by atoms with van der Waals surface area (Å²) in [5, 5.41) is 2.20. The van der Waals surface area contributed by atoms with Crippen LogP contribution in [0.1, 0.15) is 22.6 Å². The van der Waals surface area contributed by atoms with Crippen molar-refractivity contribution in [1.82, 2.24) is 0 Å². The Morgan fingerprint density at radius 3 is 1.40 bits per heavy atom. The first-order valence-electron chi connectivity index (χ1n) is 19.6. The minimum absolute atomic E-state index is 0.177. The van der Waals surface area contributed by atoms with Gasteiger partial charge in [0.15, 0.2) is 5.58 Å². The van der Waals surface area contributed by atoms with Crippen molar-refractivity contribution in [3.8, 4) is 44.5 Å². The van der Waals surface area contributed by atoms with Gasteiger partial charge < -0.3 is 9.32 Å². The Balaban J connectivity index is 1.06. The van der Waals surface area contributed by atoms with E-state index in [0.717, 1.165) is 50.1 Å². The molecular formula is C55H37NO. The van der Waals surface area contributed by atoms with Crippen molar-refractivity contribution in [2.45, 2.75) is 5.92 Å². The first-order valence-corrected chi connectivity index (χ1v) is 19.6. The first-order chi connectivity index (χ1) is 28.3. The molecule has 0 radical (unpaired) electrons. The monoisotopic (exact) mass is 727 g/mol. The van der Waals surface area contributed by atoms with Gasteiger partial charge in [-0.1, -0.05) is 176 Å². The summed E-state index contributed by atoms with van der Waals surface area (Å²) in [6, 6.07) is 78.8. The van der Waals surface area contributed by atoms with Crippen molar-refractivity contribution in [1.29, 1.82) is 0 Å². The zero-order valence-electron chi connectivity index (χ0n) is 31.2. The highest BCUT2D eigenvalue weighted by atomic mass is 16.3. The van der Waals surface area contributed by atoms with Crippen LogP contribution in [0, 0.1) is 0 Å². The number of nitrogens with zero attached hydrogens (tertiary/aromatic N) is 1. The van der Waals surface area contributed by atoms with Crippen molar-refractivity contribution in [3.05, 3.63) is 235 Å². The van der Waals surface area contributed by atoms with Gasteiger partial charge in [0.2, 0.25) is 0 Å². The van der Waals surface area contributed by atoms with Gasteiger partial charge in [0.25, 0.3) is 0 Å². The third-order valence-corrected chi connectivity index (χ3v) is 11.6. The van der Waals surface area contributed by atoms with Crippen molar-refractivity contribution in [2.24, 2.45) is 0 Å². The molecule has 0 spiro atoms. The molecule has 2 heteroatoms. The molecule has 1 aliphatic rings. The van der Waals surface area contributed by atoms with Gasteiger partial charge in [-0.2, -0.15) is 0 Å². The Morgan fingerprint density at radius 1 is 0.351 bits per heavy atom. The predicted octanol–water partition coefficient (Wildman–Crippen LogP) is 15.2. The lowest BCUT2D eigenvalue weighted by Gasteiger charge is -2.27. The van der Waals surface area contributed by atoms with E-state index in [9.17, 15) is 0 Å². The Morgan fingerprint density at radius 2 is 0.807 bits per heavy atom. The highest BCUT2D eigenvalue weighted by molar-refractivity contribution is 6.12. The molecule has 0 atom stereocenters. The lowest BCUT2D eigenvalue weighted by Crippen LogP contribution is -2.11. The fourth-order valence-electron chi connectivity index (χ4n) is 8.82. The van der Waals surface area contributed by atoms with E-state index in [4.69, 9.17) is 4.42 Å². The van der Waals surface area contributed by atoms with E-state index in [0.29, 0.717) is 0 Å². The molecule has 10 aromatic rings. The Labute approximate surface area is 332 Å². The molecule has 268 valence electrons. The van der Waals surface area contributed by atoms with Crippen LogP contribution < -0.4 is 4.90 Å². The van der Waals surface area contributed by atoms with Gasteiger partial charge in [0.05, 0.1) is 5.69 Å². The number of fused-ring (bicyclic) bond motifs is 6. The van der Waals surface area contributed by atoms with Crippen LogP contribution in [0.15, 0.2) is 223 Å². The number of hydrogen-bond donors (Lipinski definition) is 0. The molecule has 0 fully saturated rings. The Bertz CT molecular complexity index is 2990. The second-order valence-corrected chi connectivity index (χ2v) is 14.9. The van der Waals surface area contributed by atoms with Gasteiger partial charge >= 0.3 is 0 Å². The molecule has 1 heterocycles. The fourth-order valence-corrected chi connectivity index (χ4v) is 8.82. The SMILES string of the molecule is c1ccc(-c2ccc(-c3ccc(N(c4ccc(C5c6ccccc6-c6ccccc65)cc4)c4cc(-c5ccccc5)cc5c4oc4ccccc45)cc3)cc2)cc1. The molecule has 0 unspecified atom stereocenters. The third kappa shape index (κ3) is 5.73. The molecule has 1 aliphatic carbocycles. The van der Waals surface area contributed by atoms with Crippen LogP contribution in [0.3, 0.4) is 0 Å². The zero-order valence-corrected chi connectivity index (χ0v) is 31.2. The van der Waals surface area contributed by atoms with Crippen molar-refractivity contribution >= 4 is 39.0 Å². The van der Waals surface area contributed by atoms with Gasteiger partial charge in [-0.25, -0.2) is 0 Å². The second-order valence-electron chi connectivity index (χ2n) is 14.9. The molecule has 0 N–H and O–H groups in total. The molecule has 9 aromatic carbocycles. The summed E-state index contributed by atoms with van der Waals surface area (Å²) >= 11 is 0. The topological polar surface area (TPSA) is 16.4 Å². The smallest absolute Gasteiger partial charge is 0.159 e. The van der Waals surface area contributed by atoms with E-state index < -0.39 is 0 Å². The molecule has 11 rings (SSSR count). The van der Waals surface area contributed by atoms with Gasteiger partial charge in [0, 0.05) is 28.1 Å². The summed E-state index contributed by atoms with van der Waals surface area (Å²) in [6.07, 6.45) is 0. The largest absolute Gasteiger partial charge is 0.454 e. The fraction of sp³-hybridized carbons (Fsp3) is 0.0182. The van der Waals surface area contributed by atoms with Crippen molar-refractivity contribution in [2.75, 3.05) is 4.90 Å². The summed E-state index contributed by atoms with van der Waals surface area (Å²) in [6.45, 7) is 0. The zero-order chi connectivity index (χ0) is 37.7. The lowest BCUT2D eigenvalue weighted by atomic mass is 9.89. The van der Waals surface area contributed by atoms with Crippen LogP contribution in [0.5, 0.6) is 0 Å². The Kier molecular flexibility index (Phi) is 7.93. The average Bonchev–Trinajstić information content (AvgIpc) is 3.84. The average molecular weight is 728 g/mol. The van der Waals surface area contributed by atoms with E-state index in [1.807, 2.05) is 6.07 Å². The maximum Gasteiger partial charge on any atom is 0.159 e. The summed E-state index contributed by atoms with van der Waals surface area (Å²) in [7, 11) is 0. The number of furan rings is 1. The minimum atomic E-state index is 0.177. The molecule has 57 heavy (non-hydrogen) atoms. The van der Waals surface area contributed by atoms with Gasteiger partial charge in [0.1, 0.15) is 5.58 Å². The van der Waals surface area contributed by atoms with Gasteiger partial charge in [-0.15, -0.1) is 0 Å². The van der Waals surface area contributed by atoms with E-state index in [1.54, 1.807) is 0 Å². The van der Waals surface area contributed by atoms with E-state index in [1.165, 1.54) is 50.1 Å². The molecular weight excluding hydrogens is 691 g/mol. The molecule has 2 nitrogen and oxygen atoms in total. The van der Waals surface area contributed by atoms with E-state index >= 15 is 0 Å². The first kappa shape index (κ1) is 33.0. The number of anilines is 3. The maximum atomic E-state index is 6.78. The predicted molar refractivity (Wildman–Crippen MR) is 238 cm³/mol. The quantitative estimate of drug-likeness (QED) is 0.163. The van der Waals surface area contributed by atoms with Crippen LogP contribution in [0.25, 0.3) is 66.4 Å². The molecule has 0 saturated heterocycles. The highest BCUT2D eigenvalue weighted by Gasteiger charge is 2.30. The summed E-state index contributed by atoms with van der Waals surface area (Å²) in [5.41, 5.74) is 18.6. The van der Waals surface area contributed by atoms with Gasteiger partial charge in [-0.3, -0.25) is 0 Å². The summed E-state index contributed by atoms with van der Waals surface area (Å²) < 4.78 is 6.78. The van der Waals surface area contributed by atoms with Crippen molar-refractivity contribution in [3.63, 3.8) is 0 Å². The number of rotatable bonds is 7. The molecule has 1 aromatic heterocycles. The standard InChI is InChI=1S/C55H37NO/c1-3-13-37(14-4-1)39-23-25-40(26-24-39)41-27-31-44(32-28-41)56(45-33-29-42(30-34-45)54-49-20-9-7-17-46(49)47-18-8-10-21-50(47)54)52-36-43(38-15-5-2-6-16-38)35-51-48-19-11-12-22-53(48)57-55(51)52/h1-36,54H. The molecule has 0 saturated carbocycles. The minimum Gasteiger partial charge on any atom is -0.454 e.